The van der Waals surface area contributed by atoms with Crippen molar-refractivity contribution >= 4 is 17.8 Å². The van der Waals surface area contributed by atoms with Crippen molar-refractivity contribution in [3.63, 3.8) is 0 Å². The number of benzene rings is 1. The summed E-state index contributed by atoms with van der Waals surface area (Å²) in [6.07, 6.45) is 5.28. The fourth-order valence-corrected chi connectivity index (χ4v) is 5.92. The molecule has 0 radical (unpaired) electrons. The van der Waals surface area contributed by atoms with Gasteiger partial charge >= 0.3 is 5.97 Å². The molecule has 4 rings (SSSR count). The molecule has 36 heavy (non-hydrogen) atoms. The molecule has 0 aromatic heterocycles. The van der Waals surface area contributed by atoms with E-state index in [0.717, 1.165) is 45.7 Å². The summed E-state index contributed by atoms with van der Waals surface area (Å²) in [6.45, 7) is 8.55. The summed E-state index contributed by atoms with van der Waals surface area (Å²) in [4.78, 5) is 44.4. The summed E-state index contributed by atoms with van der Waals surface area (Å²) in [5.74, 6) is 0.409. The van der Waals surface area contributed by atoms with Gasteiger partial charge in [-0.25, -0.2) is 9.59 Å². The number of esters is 1. The predicted molar refractivity (Wildman–Crippen MR) is 136 cm³/mol. The molecular weight excluding hydrogens is 458 g/mol. The van der Waals surface area contributed by atoms with Crippen LogP contribution < -0.4 is 10.6 Å². The van der Waals surface area contributed by atoms with Gasteiger partial charge in [0, 0.05) is 32.7 Å². The Morgan fingerprint density at radius 3 is 2.47 bits per heavy atom. The molecule has 1 aromatic rings. The van der Waals surface area contributed by atoms with Crippen LogP contribution in [0.1, 0.15) is 44.6 Å². The van der Waals surface area contributed by atoms with Gasteiger partial charge < -0.3 is 15.4 Å². The number of nitrogens with zero attached hydrogens (tertiary/aromatic N) is 3. The molecule has 3 aliphatic rings. The average molecular weight is 498 g/mol. The Kier molecular flexibility index (Phi) is 9.29. The van der Waals surface area contributed by atoms with E-state index in [2.05, 4.69) is 55.7 Å². The molecule has 3 heterocycles. The van der Waals surface area contributed by atoms with Gasteiger partial charge in [-0.15, -0.1) is 0 Å². The maximum absolute atomic E-state index is 13.5. The van der Waals surface area contributed by atoms with Crippen LogP contribution in [0.2, 0.25) is 0 Å². The monoisotopic (exact) mass is 497 g/mol. The van der Waals surface area contributed by atoms with Crippen LogP contribution in [0.4, 0.5) is 0 Å². The number of carbonyl (C=O) groups excluding carboxylic acids is 3. The van der Waals surface area contributed by atoms with E-state index in [1.54, 1.807) is 12.9 Å². The number of piperidine rings is 2. The van der Waals surface area contributed by atoms with Crippen LogP contribution in [-0.2, 0) is 25.7 Å². The van der Waals surface area contributed by atoms with Gasteiger partial charge in [-0.3, -0.25) is 19.5 Å². The number of nitrogens with one attached hydrogen (secondary N) is 2. The molecular formula is C27H39N5O4. The van der Waals surface area contributed by atoms with Crippen LogP contribution in [0.5, 0.6) is 0 Å². The van der Waals surface area contributed by atoms with Crippen LogP contribution in [0.15, 0.2) is 36.0 Å². The largest absolute Gasteiger partial charge is 0.461 e. The van der Waals surface area contributed by atoms with Crippen molar-refractivity contribution in [2.24, 2.45) is 0 Å². The lowest BCUT2D eigenvalue weighted by Gasteiger charge is -2.51. The average Bonchev–Trinajstić information content (AvgIpc) is 2.93. The Morgan fingerprint density at radius 1 is 1.08 bits per heavy atom. The van der Waals surface area contributed by atoms with Gasteiger partial charge in [0.05, 0.1) is 12.8 Å². The summed E-state index contributed by atoms with van der Waals surface area (Å²) >= 11 is 0. The minimum Gasteiger partial charge on any atom is -0.461 e. The van der Waals surface area contributed by atoms with E-state index >= 15 is 0 Å². The van der Waals surface area contributed by atoms with Gasteiger partial charge in [-0.2, -0.15) is 0 Å². The number of piperazine rings is 1. The second-order valence-corrected chi connectivity index (χ2v) is 9.89. The molecule has 1 aromatic carbocycles. The third-order valence-electron chi connectivity index (χ3n) is 7.82. The summed E-state index contributed by atoms with van der Waals surface area (Å²) in [6, 6.07) is 10.7. The van der Waals surface area contributed by atoms with Crippen LogP contribution >= 0.6 is 0 Å². The van der Waals surface area contributed by atoms with Crippen molar-refractivity contribution in [3.8, 4) is 0 Å². The number of amides is 1. The maximum Gasteiger partial charge on any atom is 0.366 e. The Labute approximate surface area is 213 Å². The van der Waals surface area contributed by atoms with E-state index in [1.165, 1.54) is 18.4 Å². The van der Waals surface area contributed by atoms with Crippen LogP contribution in [0.25, 0.3) is 0 Å². The number of likely N-dealkylation sites (tertiary alicyclic amines) is 1. The second-order valence-electron chi connectivity index (χ2n) is 9.89. The highest BCUT2D eigenvalue weighted by molar-refractivity contribution is 6.02. The van der Waals surface area contributed by atoms with E-state index in [0.29, 0.717) is 32.1 Å². The summed E-state index contributed by atoms with van der Waals surface area (Å²) in [5, 5.41) is 5.89. The molecule has 9 heteroatoms. The van der Waals surface area contributed by atoms with Crippen LogP contribution in [0, 0.1) is 0 Å². The Morgan fingerprint density at radius 2 is 1.81 bits per heavy atom. The molecule has 0 bridgehead atoms. The predicted octanol–water partition coefficient (Wildman–Crippen LogP) is 1.13. The fraction of sp³-hybridized carbons (Fsp3) is 0.630. The van der Waals surface area contributed by atoms with Gasteiger partial charge in [-0.05, 0) is 64.2 Å². The molecule has 0 spiro atoms. The molecule has 3 aliphatic heterocycles. The zero-order valence-electron chi connectivity index (χ0n) is 21.3. The van der Waals surface area contributed by atoms with E-state index < -0.39 is 17.2 Å². The van der Waals surface area contributed by atoms with E-state index in [4.69, 9.17) is 4.74 Å². The SMILES string of the molecule is CCOC(=O)C(=C=O)NC(=O)C1(N2CCN(C3CCCCN3Cc3ccccc3)CC2)CCNCC1. The number of hydrogen-bond acceptors (Lipinski definition) is 8. The Bertz CT molecular complexity index is 935. The molecule has 2 N–H and O–H groups in total. The molecule has 3 saturated heterocycles. The zero-order valence-corrected chi connectivity index (χ0v) is 21.3. The van der Waals surface area contributed by atoms with Crippen LogP contribution in [0.3, 0.4) is 0 Å². The number of carbonyl (C=O) groups is 2. The number of ether oxygens (including phenoxy) is 1. The summed E-state index contributed by atoms with van der Waals surface area (Å²) in [5.41, 5.74) is 0.133. The number of hydrogen-bond donors (Lipinski definition) is 2. The molecule has 9 nitrogen and oxygen atoms in total. The minimum absolute atomic E-state index is 0.124. The van der Waals surface area contributed by atoms with Crippen molar-refractivity contribution in [3.05, 3.63) is 41.6 Å². The first kappa shape index (κ1) is 26.5. The molecule has 1 unspecified atom stereocenters. The fourth-order valence-electron chi connectivity index (χ4n) is 5.92. The molecule has 1 atom stereocenters. The standard InChI is InChI=1S/C27H39N5O4/c1-2-36-25(34)23(21-33)29-26(35)27(11-13-28-14-12-27)32-18-16-30(17-19-32)24-10-6-7-15-31(24)20-22-8-4-3-5-9-22/h3-5,8-9,24,28H,2,6-7,10-20H2,1H3,(H,29,35). The maximum atomic E-state index is 13.5. The van der Waals surface area contributed by atoms with Crippen molar-refractivity contribution < 1.29 is 19.1 Å². The first-order chi connectivity index (χ1) is 17.6. The highest BCUT2D eigenvalue weighted by Crippen LogP contribution is 2.30. The van der Waals surface area contributed by atoms with E-state index in [1.807, 2.05) is 0 Å². The van der Waals surface area contributed by atoms with E-state index in [9.17, 15) is 14.4 Å². The normalized spacial score (nSPS) is 23.4. The Balaban J connectivity index is 1.42. The highest BCUT2D eigenvalue weighted by atomic mass is 16.5. The van der Waals surface area contributed by atoms with Crippen molar-refractivity contribution in [2.75, 3.05) is 52.4 Å². The summed E-state index contributed by atoms with van der Waals surface area (Å²) < 4.78 is 4.90. The first-order valence-electron chi connectivity index (χ1n) is 13.3. The lowest BCUT2D eigenvalue weighted by molar-refractivity contribution is -0.143. The van der Waals surface area contributed by atoms with Crippen molar-refractivity contribution in [1.29, 1.82) is 0 Å². The first-order valence-corrected chi connectivity index (χ1v) is 13.3. The zero-order chi connectivity index (χ0) is 25.4. The van der Waals surface area contributed by atoms with Gasteiger partial charge in [0.25, 0.3) is 0 Å². The Hall–Kier alpha value is -2.55. The molecule has 0 saturated carbocycles. The van der Waals surface area contributed by atoms with Crippen LogP contribution in [-0.4, -0.2) is 96.6 Å². The highest BCUT2D eigenvalue weighted by Gasteiger charge is 2.47. The molecule has 0 aliphatic carbocycles. The van der Waals surface area contributed by atoms with Gasteiger partial charge in [0.1, 0.15) is 5.54 Å². The third-order valence-corrected chi connectivity index (χ3v) is 7.82. The number of rotatable bonds is 8. The van der Waals surface area contributed by atoms with Gasteiger partial charge in [0.15, 0.2) is 5.94 Å². The van der Waals surface area contributed by atoms with Gasteiger partial charge in [0.2, 0.25) is 11.6 Å². The third kappa shape index (κ3) is 6.05. The molecule has 1 amide bonds. The smallest absolute Gasteiger partial charge is 0.366 e. The molecule has 3 fully saturated rings. The quantitative estimate of drug-likeness (QED) is 0.314. The van der Waals surface area contributed by atoms with Crippen molar-refractivity contribution in [1.82, 2.24) is 25.3 Å². The lowest BCUT2D eigenvalue weighted by atomic mass is 9.84. The van der Waals surface area contributed by atoms with Gasteiger partial charge in [-0.1, -0.05) is 30.3 Å². The lowest BCUT2D eigenvalue weighted by Crippen LogP contribution is -2.67. The minimum atomic E-state index is -0.842. The second kappa shape index (κ2) is 12.6. The molecule has 196 valence electrons. The van der Waals surface area contributed by atoms with Crippen molar-refractivity contribution in [2.45, 2.75) is 57.3 Å². The van der Waals surface area contributed by atoms with E-state index in [-0.39, 0.29) is 12.5 Å². The summed E-state index contributed by atoms with van der Waals surface area (Å²) in [7, 11) is 0. The topological polar surface area (TPSA) is 94.2 Å².